The van der Waals surface area contributed by atoms with E-state index in [0.717, 1.165) is 36.8 Å². The molecule has 3 rings (SSSR count). The van der Waals surface area contributed by atoms with Gasteiger partial charge in [-0.1, -0.05) is 25.1 Å². The van der Waals surface area contributed by atoms with Crippen molar-refractivity contribution in [2.45, 2.75) is 63.7 Å². The Morgan fingerprint density at radius 3 is 2.92 bits per heavy atom. The lowest BCUT2D eigenvalue weighted by molar-refractivity contribution is -0.139. The van der Waals surface area contributed by atoms with Crippen LogP contribution in [0, 0.1) is 0 Å². The minimum absolute atomic E-state index is 0.291. The monoisotopic (exact) mass is 379 g/mol. The van der Waals surface area contributed by atoms with Crippen molar-refractivity contribution in [2.24, 2.45) is 0 Å². The Morgan fingerprint density at radius 1 is 1.31 bits per heavy atom. The zero-order chi connectivity index (χ0) is 18.5. The van der Waals surface area contributed by atoms with E-state index >= 15 is 0 Å². The molecule has 0 saturated heterocycles. The van der Waals surface area contributed by atoms with Gasteiger partial charge in [-0.3, -0.25) is 0 Å². The maximum absolute atomic E-state index is 12.4. The summed E-state index contributed by atoms with van der Waals surface area (Å²) in [5.74, 6) is 1.07. The number of hydrogen-bond acceptors (Lipinski definition) is 6. The molecule has 0 aromatic carbocycles. The molecule has 0 unspecified atom stereocenters. The number of thioether (sulfide) groups is 1. The Kier molecular flexibility index (Phi) is 6.18. The molecule has 0 spiro atoms. The standard InChI is InChI=1S/C17H25N5O3S/c1-3-11-14(15(23)25-4-2)12(19-16(24)18-11)10-26-17-21-20-13-8-6-5-7-9-22(13)17/h11H,3-10H2,1-2H3,(H2,18,19,24)/t11-/m0/s1. The highest BCUT2D eigenvalue weighted by molar-refractivity contribution is 7.99. The van der Waals surface area contributed by atoms with E-state index in [9.17, 15) is 9.59 Å². The van der Waals surface area contributed by atoms with Crippen LogP contribution in [0.5, 0.6) is 0 Å². The van der Waals surface area contributed by atoms with E-state index in [2.05, 4.69) is 25.4 Å². The number of esters is 1. The first-order valence-corrected chi connectivity index (χ1v) is 10.1. The summed E-state index contributed by atoms with van der Waals surface area (Å²) in [5, 5.41) is 15.0. The van der Waals surface area contributed by atoms with Crippen molar-refractivity contribution in [2.75, 3.05) is 12.4 Å². The number of urea groups is 1. The van der Waals surface area contributed by atoms with Crippen LogP contribution in [0.4, 0.5) is 4.79 Å². The molecule has 142 valence electrons. The Bertz CT molecular complexity index is 715. The largest absolute Gasteiger partial charge is 0.463 e. The van der Waals surface area contributed by atoms with E-state index in [1.807, 2.05) is 6.92 Å². The predicted octanol–water partition coefficient (Wildman–Crippen LogP) is 2.01. The Morgan fingerprint density at radius 2 is 2.15 bits per heavy atom. The van der Waals surface area contributed by atoms with Gasteiger partial charge in [0.2, 0.25) is 0 Å². The molecule has 2 aliphatic heterocycles. The lowest BCUT2D eigenvalue weighted by Gasteiger charge is -2.28. The van der Waals surface area contributed by atoms with Crippen molar-refractivity contribution in [1.82, 2.24) is 25.4 Å². The number of carbonyl (C=O) groups excluding carboxylic acids is 2. The molecule has 0 aliphatic carbocycles. The van der Waals surface area contributed by atoms with Gasteiger partial charge in [0.15, 0.2) is 5.16 Å². The minimum Gasteiger partial charge on any atom is -0.463 e. The molecule has 1 aromatic rings. The summed E-state index contributed by atoms with van der Waals surface area (Å²) in [6.07, 6.45) is 5.03. The van der Waals surface area contributed by atoms with Gasteiger partial charge in [-0.2, -0.15) is 0 Å². The number of aryl methyl sites for hydroxylation is 1. The number of nitrogens with zero attached hydrogens (tertiary/aromatic N) is 3. The van der Waals surface area contributed by atoms with Crippen molar-refractivity contribution < 1.29 is 14.3 Å². The Hall–Kier alpha value is -2.03. The second kappa shape index (κ2) is 8.57. The van der Waals surface area contributed by atoms with Crippen LogP contribution in [0.15, 0.2) is 16.4 Å². The molecule has 0 fully saturated rings. The quantitative estimate of drug-likeness (QED) is 0.579. The summed E-state index contributed by atoms with van der Waals surface area (Å²) in [6, 6.07) is -0.630. The zero-order valence-electron chi connectivity index (χ0n) is 15.2. The van der Waals surface area contributed by atoms with E-state index < -0.39 is 0 Å². The van der Waals surface area contributed by atoms with Crippen LogP contribution in [0.2, 0.25) is 0 Å². The number of amides is 2. The smallest absolute Gasteiger partial charge is 0.337 e. The first-order valence-electron chi connectivity index (χ1n) is 9.16. The fourth-order valence-electron chi connectivity index (χ4n) is 3.28. The third kappa shape index (κ3) is 4.03. The van der Waals surface area contributed by atoms with Gasteiger partial charge in [-0.25, -0.2) is 9.59 Å². The molecule has 1 atom stereocenters. The highest BCUT2D eigenvalue weighted by Gasteiger charge is 2.31. The van der Waals surface area contributed by atoms with Gasteiger partial charge in [0.25, 0.3) is 0 Å². The molecule has 0 radical (unpaired) electrons. The molecule has 26 heavy (non-hydrogen) atoms. The second-order valence-corrected chi connectivity index (χ2v) is 7.26. The third-order valence-corrected chi connectivity index (χ3v) is 5.56. The number of nitrogens with one attached hydrogen (secondary N) is 2. The van der Waals surface area contributed by atoms with Crippen molar-refractivity contribution in [3.63, 3.8) is 0 Å². The van der Waals surface area contributed by atoms with Gasteiger partial charge in [0.05, 0.1) is 18.2 Å². The molecule has 2 aliphatic rings. The summed E-state index contributed by atoms with van der Waals surface area (Å²) in [7, 11) is 0. The van der Waals surface area contributed by atoms with E-state index in [1.165, 1.54) is 18.2 Å². The van der Waals surface area contributed by atoms with Crippen molar-refractivity contribution in [3.8, 4) is 0 Å². The number of rotatable bonds is 6. The molecular weight excluding hydrogens is 354 g/mol. The van der Waals surface area contributed by atoms with Gasteiger partial charge in [0, 0.05) is 24.4 Å². The summed E-state index contributed by atoms with van der Waals surface area (Å²) < 4.78 is 7.35. The van der Waals surface area contributed by atoms with Gasteiger partial charge >= 0.3 is 12.0 Å². The van der Waals surface area contributed by atoms with Gasteiger partial charge in [-0.15, -0.1) is 10.2 Å². The summed E-state index contributed by atoms with van der Waals surface area (Å²) in [4.78, 5) is 24.4. The second-order valence-electron chi connectivity index (χ2n) is 6.32. The summed E-state index contributed by atoms with van der Waals surface area (Å²) in [6.45, 7) is 4.91. The number of aromatic nitrogens is 3. The predicted molar refractivity (Wildman–Crippen MR) is 97.7 cm³/mol. The lowest BCUT2D eigenvalue weighted by atomic mass is 10.0. The van der Waals surface area contributed by atoms with Crippen LogP contribution in [0.3, 0.4) is 0 Å². The van der Waals surface area contributed by atoms with E-state index in [0.29, 0.717) is 30.1 Å². The maximum atomic E-state index is 12.4. The molecule has 2 N–H and O–H groups in total. The fourth-order valence-corrected chi connectivity index (χ4v) is 4.23. The highest BCUT2D eigenvalue weighted by Crippen LogP contribution is 2.26. The maximum Gasteiger partial charge on any atom is 0.337 e. The average molecular weight is 379 g/mol. The van der Waals surface area contributed by atoms with E-state index in [-0.39, 0.29) is 18.0 Å². The molecule has 0 bridgehead atoms. The molecule has 0 saturated carbocycles. The highest BCUT2D eigenvalue weighted by atomic mass is 32.2. The average Bonchev–Trinajstić information content (AvgIpc) is 2.85. The van der Waals surface area contributed by atoms with Crippen LogP contribution in [0.25, 0.3) is 0 Å². The topological polar surface area (TPSA) is 98.1 Å². The van der Waals surface area contributed by atoms with Crippen LogP contribution < -0.4 is 10.6 Å². The van der Waals surface area contributed by atoms with E-state index in [4.69, 9.17) is 4.74 Å². The fraction of sp³-hybridized carbons (Fsp3) is 0.647. The normalized spacial score (nSPS) is 20.1. The van der Waals surface area contributed by atoms with Crippen LogP contribution in [-0.4, -0.2) is 45.2 Å². The number of fused-ring (bicyclic) bond motifs is 1. The SMILES string of the molecule is CCOC(=O)C1=C(CSc2nnc3n2CCCCC3)NC(=O)N[C@H]1CC. The molecule has 1 aromatic heterocycles. The first kappa shape index (κ1) is 18.8. The van der Waals surface area contributed by atoms with Gasteiger partial charge < -0.3 is 19.9 Å². The van der Waals surface area contributed by atoms with Crippen molar-refractivity contribution in [1.29, 1.82) is 0 Å². The van der Waals surface area contributed by atoms with E-state index in [1.54, 1.807) is 6.92 Å². The van der Waals surface area contributed by atoms with Crippen LogP contribution in [-0.2, 0) is 22.5 Å². The van der Waals surface area contributed by atoms with Crippen molar-refractivity contribution >= 4 is 23.8 Å². The summed E-state index contributed by atoms with van der Waals surface area (Å²) in [5.41, 5.74) is 1.09. The molecular formula is C17H25N5O3S. The number of carbonyl (C=O) groups is 2. The molecule has 2 amide bonds. The van der Waals surface area contributed by atoms with Crippen molar-refractivity contribution in [3.05, 3.63) is 17.1 Å². The van der Waals surface area contributed by atoms with Gasteiger partial charge in [0.1, 0.15) is 5.82 Å². The van der Waals surface area contributed by atoms with Crippen LogP contribution >= 0.6 is 11.8 Å². The first-order chi connectivity index (χ1) is 12.6. The third-order valence-electron chi connectivity index (χ3n) is 4.57. The zero-order valence-corrected chi connectivity index (χ0v) is 16.0. The molecule has 8 nitrogen and oxygen atoms in total. The molecule has 9 heteroatoms. The Balaban J connectivity index is 1.82. The minimum atomic E-state index is -0.387. The summed E-state index contributed by atoms with van der Waals surface area (Å²) >= 11 is 1.49. The number of hydrogen-bond donors (Lipinski definition) is 2. The Labute approximate surface area is 157 Å². The number of ether oxygens (including phenoxy) is 1. The molecule has 3 heterocycles. The van der Waals surface area contributed by atoms with Crippen LogP contribution in [0.1, 0.15) is 45.4 Å². The lowest BCUT2D eigenvalue weighted by Crippen LogP contribution is -2.50. The van der Waals surface area contributed by atoms with Gasteiger partial charge in [-0.05, 0) is 26.2 Å².